The molecular weight excluding hydrogens is 328 g/mol. The van der Waals surface area contributed by atoms with Crippen LogP contribution in [0.1, 0.15) is 27.7 Å². The number of hydrogen-bond donors (Lipinski definition) is 1. The Morgan fingerprint density at radius 1 is 1.33 bits per heavy atom. The first-order chi connectivity index (χ1) is 11.6. The highest BCUT2D eigenvalue weighted by molar-refractivity contribution is 6.30. The molecule has 24 heavy (non-hydrogen) atoms. The third-order valence-electron chi connectivity index (χ3n) is 4.24. The molecule has 128 valence electrons. The van der Waals surface area contributed by atoms with Gasteiger partial charge < -0.3 is 14.5 Å². The molecule has 1 amide bonds. The van der Waals surface area contributed by atoms with Gasteiger partial charge in [-0.1, -0.05) is 23.7 Å². The molecule has 0 radical (unpaired) electrons. The van der Waals surface area contributed by atoms with Gasteiger partial charge in [0.1, 0.15) is 0 Å². The first-order valence-electron chi connectivity index (χ1n) is 8.04. The van der Waals surface area contributed by atoms with E-state index in [1.807, 2.05) is 31.2 Å². The fourth-order valence-electron chi connectivity index (χ4n) is 2.94. The van der Waals surface area contributed by atoms with E-state index in [2.05, 4.69) is 10.2 Å². The van der Waals surface area contributed by atoms with Crippen molar-refractivity contribution in [3.8, 4) is 0 Å². The fourth-order valence-corrected chi connectivity index (χ4v) is 3.13. The van der Waals surface area contributed by atoms with E-state index in [0.29, 0.717) is 30.5 Å². The number of carbonyl (C=O) groups excluding carboxylic acids is 1. The number of nitrogens with one attached hydrogen (secondary N) is 1. The zero-order valence-corrected chi connectivity index (χ0v) is 14.4. The molecule has 0 spiro atoms. The van der Waals surface area contributed by atoms with Crippen LogP contribution in [0.25, 0.3) is 0 Å². The second-order valence-electron chi connectivity index (χ2n) is 5.86. The normalized spacial score (nSPS) is 16.8. The van der Waals surface area contributed by atoms with Crippen molar-refractivity contribution >= 4 is 17.5 Å². The maximum Gasteiger partial charge on any atom is 0.287 e. The van der Waals surface area contributed by atoms with Crippen molar-refractivity contribution in [2.24, 2.45) is 0 Å². The second kappa shape index (κ2) is 7.83. The summed E-state index contributed by atoms with van der Waals surface area (Å²) in [7, 11) is 0. The van der Waals surface area contributed by atoms with Crippen molar-refractivity contribution in [3.05, 3.63) is 58.5 Å². The number of carbonyl (C=O) groups is 1. The molecule has 5 nitrogen and oxygen atoms in total. The average Bonchev–Trinajstić information content (AvgIpc) is 3.02. The van der Waals surface area contributed by atoms with Crippen molar-refractivity contribution in [2.45, 2.75) is 13.0 Å². The van der Waals surface area contributed by atoms with Crippen molar-refractivity contribution < 1.29 is 13.9 Å². The van der Waals surface area contributed by atoms with Crippen LogP contribution >= 0.6 is 11.6 Å². The van der Waals surface area contributed by atoms with Crippen LogP contribution in [0.3, 0.4) is 0 Å². The van der Waals surface area contributed by atoms with E-state index in [1.54, 1.807) is 6.07 Å². The molecule has 1 N–H and O–H groups in total. The number of furan rings is 1. The second-order valence-corrected chi connectivity index (χ2v) is 6.30. The summed E-state index contributed by atoms with van der Waals surface area (Å²) in [6, 6.07) is 9.61. The lowest BCUT2D eigenvalue weighted by atomic mass is 10.0. The van der Waals surface area contributed by atoms with Crippen molar-refractivity contribution in [3.63, 3.8) is 0 Å². The van der Waals surface area contributed by atoms with E-state index in [1.165, 1.54) is 6.26 Å². The molecule has 2 aromatic rings. The molecule has 0 aliphatic carbocycles. The monoisotopic (exact) mass is 348 g/mol. The highest BCUT2D eigenvalue weighted by atomic mass is 35.5. The third kappa shape index (κ3) is 3.98. The topological polar surface area (TPSA) is 54.7 Å². The third-order valence-corrected chi connectivity index (χ3v) is 4.48. The molecule has 1 fully saturated rings. The van der Waals surface area contributed by atoms with Gasteiger partial charge in [-0.25, -0.2) is 0 Å². The average molecular weight is 349 g/mol. The first-order valence-corrected chi connectivity index (χ1v) is 8.42. The zero-order valence-electron chi connectivity index (χ0n) is 13.6. The summed E-state index contributed by atoms with van der Waals surface area (Å²) in [5, 5.41) is 3.68. The summed E-state index contributed by atoms with van der Waals surface area (Å²) in [4.78, 5) is 14.6. The Balaban J connectivity index is 1.74. The Hall–Kier alpha value is -1.82. The molecular formula is C18H21ClN2O3. The van der Waals surface area contributed by atoms with Crippen LogP contribution in [0.2, 0.25) is 5.02 Å². The molecule has 0 bridgehead atoms. The molecule has 1 atom stereocenters. The lowest BCUT2D eigenvalue weighted by molar-refractivity contribution is 0.0161. The summed E-state index contributed by atoms with van der Waals surface area (Å²) in [5.74, 6) is 0.166. The van der Waals surface area contributed by atoms with Crippen LogP contribution in [0.4, 0.5) is 0 Å². The van der Waals surface area contributed by atoms with Crippen LogP contribution < -0.4 is 5.32 Å². The van der Waals surface area contributed by atoms with E-state index >= 15 is 0 Å². The maximum absolute atomic E-state index is 12.3. The Morgan fingerprint density at radius 2 is 2.12 bits per heavy atom. The molecule has 1 aliphatic heterocycles. The summed E-state index contributed by atoms with van der Waals surface area (Å²) < 4.78 is 10.7. The van der Waals surface area contributed by atoms with Gasteiger partial charge in [-0.3, -0.25) is 9.69 Å². The van der Waals surface area contributed by atoms with Crippen molar-refractivity contribution in [2.75, 3.05) is 32.8 Å². The van der Waals surface area contributed by atoms with E-state index in [4.69, 9.17) is 20.8 Å². The lowest BCUT2D eigenvalue weighted by Crippen LogP contribution is -2.43. The highest BCUT2D eigenvalue weighted by Crippen LogP contribution is 2.24. The minimum absolute atomic E-state index is 0.0480. The van der Waals surface area contributed by atoms with Crippen LogP contribution in [0.15, 0.2) is 41.0 Å². The number of rotatable bonds is 5. The van der Waals surface area contributed by atoms with Gasteiger partial charge >= 0.3 is 0 Å². The minimum Gasteiger partial charge on any atom is -0.459 e. The standard InChI is InChI=1S/C18H21ClN2O3/c1-13-5-8-24-17(13)18(22)20-12-16(21-6-9-23-10-7-21)14-3-2-4-15(19)11-14/h2-5,8,11,16H,6-7,9-10,12H2,1H3,(H,20,22)/t16-/m1/s1. The fraction of sp³-hybridized carbons (Fsp3) is 0.389. The van der Waals surface area contributed by atoms with Crippen molar-refractivity contribution in [1.82, 2.24) is 10.2 Å². The van der Waals surface area contributed by atoms with Gasteiger partial charge in [0.25, 0.3) is 5.91 Å². The van der Waals surface area contributed by atoms with E-state index in [0.717, 1.165) is 24.2 Å². The molecule has 1 saturated heterocycles. The molecule has 6 heteroatoms. The van der Waals surface area contributed by atoms with Gasteiger partial charge in [0.15, 0.2) is 5.76 Å². The van der Waals surface area contributed by atoms with Crippen LogP contribution in [0, 0.1) is 6.92 Å². The highest BCUT2D eigenvalue weighted by Gasteiger charge is 2.24. The van der Waals surface area contributed by atoms with Gasteiger partial charge in [0, 0.05) is 30.2 Å². The number of halogens is 1. The summed E-state index contributed by atoms with van der Waals surface area (Å²) >= 11 is 6.15. The van der Waals surface area contributed by atoms with E-state index in [9.17, 15) is 4.79 Å². The molecule has 2 heterocycles. The molecule has 0 saturated carbocycles. The van der Waals surface area contributed by atoms with Gasteiger partial charge in [-0.2, -0.15) is 0 Å². The molecule has 0 unspecified atom stereocenters. The lowest BCUT2D eigenvalue weighted by Gasteiger charge is -2.35. The number of morpholine rings is 1. The van der Waals surface area contributed by atoms with Gasteiger partial charge in [-0.15, -0.1) is 0 Å². The van der Waals surface area contributed by atoms with E-state index < -0.39 is 0 Å². The number of nitrogens with zero attached hydrogens (tertiary/aromatic N) is 1. The molecule has 1 aromatic carbocycles. The minimum atomic E-state index is -0.196. The van der Waals surface area contributed by atoms with Crippen LogP contribution in [0.5, 0.6) is 0 Å². The quantitative estimate of drug-likeness (QED) is 0.902. The summed E-state index contributed by atoms with van der Waals surface area (Å²) in [6.45, 7) is 5.39. The first kappa shape index (κ1) is 17.0. The summed E-state index contributed by atoms with van der Waals surface area (Å²) in [5.41, 5.74) is 1.92. The Labute approximate surface area is 146 Å². The predicted molar refractivity (Wildman–Crippen MR) is 92.4 cm³/mol. The molecule has 3 rings (SSSR count). The maximum atomic E-state index is 12.3. The van der Waals surface area contributed by atoms with Crippen LogP contribution in [-0.4, -0.2) is 43.7 Å². The largest absolute Gasteiger partial charge is 0.459 e. The van der Waals surface area contributed by atoms with Gasteiger partial charge in [0.05, 0.1) is 25.5 Å². The van der Waals surface area contributed by atoms with Gasteiger partial charge in [0.2, 0.25) is 0 Å². The summed E-state index contributed by atoms with van der Waals surface area (Å²) in [6.07, 6.45) is 1.53. The number of benzene rings is 1. The van der Waals surface area contributed by atoms with Crippen LogP contribution in [-0.2, 0) is 4.74 Å². The Morgan fingerprint density at radius 3 is 2.79 bits per heavy atom. The Kier molecular flexibility index (Phi) is 5.56. The zero-order chi connectivity index (χ0) is 16.9. The van der Waals surface area contributed by atoms with Gasteiger partial charge in [-0.05, 0) is 30.7 Å². The number of hydrogen-bond acceptors (Lipinski definition) is 4. The predicted octanol–water partition coefficient (Wildman–Crippen LogP) is 3.04. The molecule has 1 aromatic heterocycles. The number of amides is 1. The van der Waals surface area contributed by atoms with E-state index in [-0.39, 0.29) is 11.9 Å². The SMILES string of the molecule is Cc1ccoc1C(=O)NC[C@H](c1cccc(Cl)c1)N1CCOCC1. The number of aryl methyl sites for hydroxylation is 1. The molecule has 1 aliphatic rings. The number of ether oxygens (including phenoxy) is 1. The van der Waals surface area contributed by atoms with Crippen molar-refractivity contribution in [1.29, 1.82) is 0 Å². The smallest absolute Gasteiger partial charge is 0.287 e. The Bertz CT molecular complexity index is 695.